The van der Waals surface area contributed by atoms with Gasteiger partial charge in [-0.1, -0.05) is 18.2 Å². The Kier molecular flexibility index (Phi) is 4.27. The molecule has 0 saturated carbocycles. The minimum absolute atomic E-state index is 0.144. The number of nitrogens with one attached hydrogen (secondary N) is 1. The Morgan fingerprint density at radius 1 is 1.19 bits per heavy atom. The lowest BCUT2D eigenvalue weighted by Gasteiger charge is -2.24. The third-order valence-electron chi connectivity index (χ3n) is 4.70. The highest BCUT2D eigenvalue weighted by Gasteiger charge is 2.32. The first-order chi connectivity index (χ1) is 13.1. The van der Waals surface area contributed by atoms with Crippen molar-refractivity contribution in [1.82, 2.24) is 9.55 Å². The molecule has 2 heterocycles. The maximum absolute atomic E-state index is 14.3. The molecule has 0 radical (unpaired) electrons. The van der Waals surface area contributed by atoms with Crippen LogP contribution >= 0.6 is 0 Å². The number of methoxy groups -OCH3 is 2. The van der Waals surface area contributed by atoms with Crippen molar-refractivity contribution in [2.24, 2.45) is 0 Å². The Labute approximate surface area is 155 Å². The van der Waals surface area contributed by atoms with Gasteiger partial charge in [-0.05, 0) is 23.8 Å². The smallest absolute Gasteiger partial charge is 0.226 e. The van der Waals surface area contributed by atoms with Gasteiger partial charge in [0.2, 0.25) is 5.91 Å². The van der Waals surface area contributed by atoms with Gasteiger partial charge in [0.1, 0.15) is 29.5 Å². The number of carbonyl (C=O) groups excluding carboxylic acids is 1. The number of amides is 1. The van der Waals surface area contributed by atoms with Crippen LogP contribution in [0.5, 0.6) is 11.5 Å². The van der Waals surface area contributed by atoms with Crippen molar-refractivity contribution in [2.75, 3.05) is 19.5 Å². The fourth-order valence-corrected chi connectivity index (χ4v) is 3.39. The van der Waals surface area contributed by atoms with Crippen molar-refractivity contribution < 1.29 is 18.7 Å². The highest BCUT2D eigenvalue weighted by atomic mass is 19.1. The van der Waals surface area contributed by atoms with Gasteiger partial charge in [-0.15, -0.1) is 0 Å². The quantitative estimate of drug-likeness (QED) is 0.766. The molecular formula is C20H18FN3O3. The molecular weight excluding hydrogens is 349 g/mol. The Morgan fingerprint density at radius 2 is 2.00 bits per heavy atom. The van der Waals surface area contributed by atoms with E-state index in [1.165, 1.54) is 6.07 Å². The number of fused-ring (bicyclic) bond motifs is 1. The summed E-state index contributed by atoms with van der Waals surface area (Å²) < 4.78 is 26.8. The van der Waals surface area contributed by atoms with Crippen LogP contribution in [-0.2, 0) is 4.79 Å². The molecule has 2 aromatic carbocycles. The van der Waals surface area contributed by atoms with Crippen molar-refractivity contribution in [3.63, 3.8) is 0 Å². The third-order valence-corrected chi connectivity index (χ3v) is 4.70. The molecule has 1 aromatic heterocycles. The summed E-state index contributed by atoms with van der Waals surface area (Å²) in [6.07, 6.45) is 1.75. The van der Waals surface area contributed by atoms with E-state index in [2.05, 4.69) is 10.3 Å². The average Bonchev–Trinajstić information content (AvgIpc) is 3.10. The summed E-state index contributed by atoms with van der Waals surface area (Å²) >= 11 is 0. The number of hydrogen-bond acceptors (Lipinski definition) is 4. The lowest BCUT2D eigenvalue weighted by atomic mass is 9.89. The van der Waals surface area contributed by atoms with E-state index in [9.17, 15) is 9.18 Å². The number of nitrogens with zero attached hydrogens (tertiary/aromatic N) is 2. The van der Waals surface area contributed by atoms with E-state index >= 15 is 0 Å². The number of ether oxygens (including phenoxy) is 2. The molecule has 0 bridgehead atoms. The summed E-state index contributed by atoms with van der Waals surface area (Å²) in [7, 11) is 3.13. The first-order valence-electron chi connectivity index (χ1n) is 8.46. The highest BCUT2D eigenvalue weighted by molar-refractivity contribution is 5.94. The molecule has 27 heavy (non-hydrogen) atoms. The Balaban J connectivity index is 1.84. The van der Waals surface area contributed by atoms with Crippen molar-refractivity contribution >= 4 is 11.7 Å². The van der Waals surface area contributed by atoms with Crippen LogP contribution in [0.4, 0.5) is 10.2 Å². The first kappa shape index (κ1) is 17.1. The maximum Gasteiger partial charge on any atom is 0.226 e. The zero-order chi connectivity index (χ0) is 19.0. The highest BCUT2D eigenvalue weighted by Crippen LogP contribution is 2.39. The van der Waals surface area contributed by atoms with Gasteiger partial charge in [0.05, 0.1) is 25.6 Å². The molecule has 1 amide bonds. The van der Waals surface area contributed by atoms with E-state index in [1.807, 2.05) is 6.07 Å². The first-order valence-corrected chi connectivity index (χ1v) is 8.46. The zero-order valence-corrected chi connectivity index (χ0v) is 14.9. The fourth-order valence-electron chi connectivity index (χ4n) is 3.39. The fraction of sp³-hybridized carbons (Fsp3) is 0.200. The lowest BCUT2D eigenvalue weighted by molar-refractivity contribution is -0.116. The molecule has 0 unspecified atom stereocenters. The number of aromatic nitrogens is 2. The van der Waals surface area contributed by atoms with Crippen molar-refractivity contribution in [3.8, 4) is 17.2 Å². The predicted octanol–water partition coefficient (Wildman–Crippen LogP) is 3.50. The van der Waals surface area contributed by atoms with Crippen LogP contribution < -0.4 is 14.8 Å². The van der Waals surface area contributed by atoms with E-state index in [-0.39, 0.29) is 18.1 Å². The van der Waals surface area contributed by atoms with Gasteiger partial charge in [0.15, 0.2) is 0 Å². The van der Waals surface area contributed by atoms with Crippen LogP contribution in [0.3, 0.4) is 0 Å². The number of hydrogen-bond donors (Lipinski definition) is 1. The number of imidazole rings is 1. The molecule has 3 aromatic rings. The second kappa shape index (κ2) is 6.75. The normalized spacial score (nSPS) is 15.8. The van der Waals surface area contributed by atoms with Gasteiger partial charge < -0.3 is 14.8 Å². The van der Waals surface area contributed by atoms with Gasteiger partial charge in [0.25, 0.3) is 0 Å². The van der Waals surface area contributed by atoms with Gasteiger partial charge in [-0.3, -0.25) is 9.36 Å². The summed E-state index contributed by atoms with van der Waals surface area (Å²) in [5.41, 5.74) is 1.78. The molecule has 1 aliphatic rings. The minimum Gasteiger partial charge on any atom is -0.497 e. The third kappa shape index (κ3) is 2.91. The van der Waals surface area contributed by atoms with E-state index < -0.39 is 5.92 Å². The van der Waals surface area contributed by atoms with Crippen LogP contribution in [0.25, 0.3) is 5.69 Å². The molecule has 6 nitrogen and oxygen atoms in total. The van der Waals surface area contributed by atoms with Crippen LogP contribution in [0, 0.1) is 5.82 Å². The summed E-state index contributed by atoms with van der Waals surface area (Å²) in [5.74, 6) is 0.753. The number of anilines is 1. The maximum atomic E-state index is 14.3. The molecule has 1 N–H and O–H groups in total. The second-order valence-electron chi connectivity index (χ2n) is 6.21. The van der Waals surface area contributed by atoms with E-state index in [0.29, 0.717) is 34.3 Å². The molecule has 0 spiro atoms. The molecule has 1 aliphatic heterocycles. The Hall–Kier alpha value is -3.35. The molecule has 0 fully saturated rings. The van der Waals surface area contributed by atoms with Gasteiger partial charge >= 0.3 is 0 Å². The van der Waals surface area contributed by atoms with Crippen molar-refractivity contribution in [2.45, 2.75) is 12.3 Å². The number of rotatable bonds is 4. The largest absolute Gasteiger partial charge is 0.497 e. The van der Waals surface area contributed by atoms with Crippen LogP contribution in [0.15, 0.2) is 48.8 Å². The van der Waals surface area contributed by atoms with Crippen LogP contribution in [0.2, 0.25) is 0 Å². The monoisotopic (exact) mass is 367 g/mol. The van der Waals surface area contributed by atoms with Crippen LogP contribution in [-0.4, -0.2) is 29.7 Å². The van der Waals surface area contributed by atoms with Crippen LogP contribution in [0.1, 0.15) is 23.6 Å². The molecule has 0 aliphatic carbocycles. The molecule has 138 valence electrons. The second-order valence-corrected chi connectivity index (χ2v) is 6.21. The molecule has 1 atom stereocenters. The standard InChI is InChI=1S/C20H18FN3O3/c1-26-12-7-8-16(17(9-12)27-2)24-11-22-19-14(10-18(25)23-20(19)24)13-5-3-4-6-15(13)21/h3-9,11,14H,10H2,1-2H3,(H,23,25)/t14-/m1/s1. The van der Waals surface area contributed by atoms with Gasteiger partial charge in [0, 0.05) is 18.4 Å². The molecule has 0 saturated heterocycles. The predicted molar refractivity (Wildman–Crippen MR) is 98.2 cm³/mol. The summed E-state index contributed by atoms with van der Waals surface area (Å²) in [4.78, 5) is 16.8. The Morgan fingerprint density at radius 3 is 2.74 bits per heavy atom. The average molecular weight is 367 g/mol. The summed E-state index contributed by atoms with van der Waals surface area (Å²) in [5, 5.41) is 2.86. The minimum atomic E-state index is -0.444. The van der Waals surface area contributed by atoms with Crippen molar-refractivity contribution in [3.05, 3.63) is 65.9 Å². The molecule has 4 rings (SSSR count). The number of benzene rings is 2. The van der Waals surface area contributed by atoms with E-state index in [1.54, 1.807) is 55.4 Å². The van der Waals surface area contributed by atoms with E-state index in [0.717, 1.165) is 0 Å². The zero-order valence-electron chi connectivity index (χ0n) is 14.9. The lowest BCUT2D eigenvalue weighted by Crippen LogP contribution is -2.25. The Bertz CT molecular complexity index is 1020. The summed E-state index contributed by atoms with van der Waals surface area (Å²) in [6.45, 7) is 0. The van der Waals surface area contributed by atoms with Gasteiger partial charge in [-0.25, -0.2) is 9.37 Å². The SMILES string of the molecule is COc1ccc(-n2cnc3c2NC(=O)C[C@@H]3c2ccccc2F)c(OC)c1. The topological polar surface area (TPSA) is 65.4 Å². The number of halogens is 1. The molecule has 7 heteroatoms. The van der Waals surface area contributed by atoms with Gasteiger partial charge in [-0.2, -0.15) is 0 Å². The number of carbonyl (C=O) groups is 1. The van der Waals surface area contributed by atoms with Crippen molar-refractivity contribution in [1.29, 1.82) is 0 Å². The van der Waals surface area contributed by atoms with E-state index in [4.69, 9.17) is 9.47 Å². The summed E-state index contributed by atoms with van der Waals surface area (Å²) in [6, 6.07) is 11.8.